The summed E-state index contributed by atoms with van der Waals surface area (Å²) in [4.78, 5) is 2.40. The van der Waals surface area contributed by atoms with Gasteiger partial charge in [-0.1, -0.05) is 0 Å². The Kier molecular flexibility index (Phi) is 5.77. The van der Waals surface area contributed by atoms with Crippen LogP contribution in [-0.4, -0.2) is 41.5 Å². The Labute approximate surface area is 76.9 Å². The first-order chi connectivity index (χ1) is 5.71. The average Bonchev–Trinajstić information content (AvgIpc) is 2.09. The lowest BCUT2D eigenvalue weighted by atomic mass is 10.4. The average molecular weight is 171 g/mol. The zero-order chi connectivity index (χ0) is 9.56. The maximum absolute atomic E-state index is 2.40. The molecule has 0 aromatic rings. The van der Waals surface area contributed by atoms with Crippen LogP contribution in [-0.2, 0) is 0 Å². The maximum atomic E-state index is 2.40. The Balaban J connectivity index is 4.46. The highest BCUT2D eigenvalue weighted by molar-refractivity contribution is 5.74. The van der Waals surface area contributed by atoms with Crippen LogP contribution in [0.3, 0.4) is 0 Å². The molecule has 0 radical (unpaired) electrons. The van der Waals surface area contributed by atoms with E-state index in [9.17, 15) is 0 Å². The molecule has 2 heteroatoms. The van der Waals surface area contributed by atoms with Gasteiger partial charge in [-0.25, -0.2) is 0 Å². The predicted octanol–water partition coefficient (Wildman–Crippen LogP) is 1.80. The van der Waals surface area contributed by atoms with Crippen LogP contribution in [0.1, 0.15) is 34.6 Å². The minimum atomic E-state index is 1.11. The van der Waals surface area contributed by atoms with E-state index >= 15 is 0 Å². The Morgan fingerprint density at radius 3 is 1.67 bits per heavy atom. The van der Waals surface area contributed by atoms with Gasteiger partial charge in [0.2, 0.25) is 5.84 Å². The third kappa shape index (κ3) is 2.84. The molecule has 0 rings (SSSR count). The van der Waals surface area contributed by atoms with Crippen molar-refractivity contribution < 1.29 is 4.58 Å². The second-order valence-electron chi connectivity index (χ2n) is 2.89. The molecule has 2 nitrogen and oxygen atoms in total. The van der Waals surface area contributed by atoms with E-state index in [0.29, 0.717) is 0 Å². The summed E-state index contributed by atoms with van der Waals surface area (Å²) in [6.45, 7) is 15.5. The third-order valence-electron chi connectivity index (χ3n) is 2.44. The van der Waals surface area contributed by atoms with Gasteiger partial charge in [0.1, 0.15) is 0 Å². The Hall–Kier alpha value is -0.530. The summed E-state index contributed by atoms with van der Waals surface area (Å²) in [6, 6.07) is 0. The fourth-order valence-corrected chi connectivity index (χ4v) is 1.56. The van der Waals surface area contributed by atoms with Gasteiger partial charge in [0, 0.05) is 6.92 Å². The van der Waals surface area contributed by atoms with Gasteiger partial charge in [-0.3, -0.25) is 9.48 Å². The van der Waals surface area contributed by atoms with Crippen LogP contribution < -0.4 is 0 Å². The highest BCUT2D eigenvalue weighted by Crippen LogP contribution is 1.91. The SMILES string of the molecule is CCN(CC)C(C)=[N+](CC)CC. The first kappa shape index (κ1) is 11.5. The van der Waals surface area contributed by atoms with Gasteiger partial charge in [-0.15, -0.1) is 0 Å². The summed E-state index contributed by atoms with van der Waals surface area (Å²) >= 11 is 0. The molecule has 0 aliphatic heterocycles. The van der Waals surface area contributed by atoms with Crippen LogP contribution in [0.25, 0.3) is 0 Å². The molecule has 72 valence electrons. The van der Waals surface area contributed by atoms with Crippen LogP contribution in [0.5, 0.6) is 0 Å². The largest absolute Gasteiger partial charge is 0.267 e. The Bertz CT molecular complexity index is 140. The van der Waals surface area contributed by atoms with Crippen LogP contribution in [0.15, 0.2) is 0 Å². The van der Waals surface area contributed by atoms with Gasteiger partial charge in [-0.2, -0.15) is 0 Å². The van der Waals surface area contributed by atoms with Crippen LogP contribution in [0.4, 0.5) is 0 Å². The minimum absolute atomic E-state index is 1.11. The quantitative estimate of drug-likeness (QED) is 0.355. The van der Waals surface area contributed by atoms with E-state index in [4.69, 9.17) is 0 Å². The van der Waals surface area contributed by atoms with Gasteiger partial charge < -0.3 is 0 Å². The number of hydrogen-bond acceptors (Lipinski definition) is 0. The van der Waals surface area contributed by atoms with E-state index in [1.165, 1.54) is 5.84 Å². The van der Waals surface area contributed by atoms with E-state index in [0.717, 1.165) is 26.2 Å². The summed E-state index contributed by atoms with van der Waals surface area (Å²) in [6.07, 6.45) is 0. The molecule has 0 atom stereocenters. The van der Waals surface area contributed by atoms with Gasteiger partial charge >= 0.3 is 0 Å². The molecule has 0 heterocycles. The third-order valence-corrected chi connectivity index (χ3v) is 2.44. The lowest BCUT2D eigenvalue weighted by Crippen LogP contribution is -2.36. The number of rotatable bonds is 4. The lowest BCUT2D eigenvalue weighted by Gasteiger charge is -2.16. The van der Waals surface area contributed by atoms with Crippen molar-refractivity contribution in [2.45, 2.75) is 34.6 Å². The molecule has 0 fully saturated rings. The summed E-state index contributed by atoms with van der Waals surface area (Å²) in [7, 11) is 0. The lowest BCUT2D eigenvalue weighted by molar-refractivity contribution is -0.526. The normalized spacial score (nSPS) is 9.75. The van der Waals surface area contributed by atoms with Crippen molar-refractivity contribution in [3.63, 3.8) is 0 Å². The molecule has 0 amide bonds. The standard InChI is InChI=1S/C10H23N2/c1-6-11(7-2)10(5)12(8-3)9-4/h6-9H2,1-5H3/q+1. The molecule has 0 N–H and O–H groups in total. The molecule has 0 aliphatic rings. The molecular formula is C10H23N2+. The van der Waals surface area contributed by atoms with Crippen molar-refractivity contribution in [3.8, 4) is 0 Å². The van der Waals surface area contributed by atoms with Crippen molar-refractivity contribution in [1.82, 2.24) is 4.90 Å². The van der Waals surface area contributed by atoms with Crippen LogP contribution >= 0.6 is 0 Å². The summed E-state index contributed by atoms with van der Waals surface area (Å²) in [5, 5.41) is 0. The Morgan fingerprint density at radius 1 is 1.00 bits per heavy atom. The van der Waals surface area contributed by atoms with Crippen molar-refractivity contribution in [3.05, 3.63) is 0 Å². The predicted molar refractivity (Wildman–Crippen MR) is 54.9 cm³/mol. The zero-order valence-electron chi connectivity index (χ0n) is 9.22. The topological polar surface area (TPSA) is 6.25 Å². The minimum Gasteiger partial charge on any atom is -0.267 e. The molecule has 0 saturated carbocycles. The second kappa shape index (κ2) is 6.04. The monoisotopic (exact) mass is 171 g/mol. The zero-order valence-corrected chi connectivity index (χ0v) is 9.22. The fourth-order valence-electron chi connectivity index (χ4n) is 1.56. The molecule has 0 aromatic carbocycles. The number of nitrogens with zero attached hydrogens (tertiary/aromatic N) is 2. The van der Waals surface area contributed by atoms with E-state index in [2.05, 4.69) is 44.1 Å². The van der Waals surface area contributed by atoms with Gasteiger partial charge in [0.05, 0.1) is 26.2 Å². The molecule has 0 aromatic heterocycles. The summed E-state index contributed by atoms with van der Waals surface area (Å²) < 4.78 is 2.40. The van der Waals surface area contributed by atoms with E-state index in [1.54, 1.807) is 0 Å². The van der Waals surface area contributed by atoms with E-state index < -0.39 is 0 Å². The maximum Gasteiger partial charge on any atom is 0.243 e. The highest BCUT2D eigenvalue weighted by atomic mass is 15.2. The molecule has 0 saturated heterocycles. The van der Waals surface area contributed by atoms with Gasteiger partial charge in [0.25, 0.3) is 0 Å². The van der Waals surface area contributed by atoms with Crippen LogP contribution in [0, 0.1) is 0 Å². The summed E-state index contributed by atoms with van der Waals surface area (Å²) in [5.74, 6) is 1.41. The molecule has 0 unspecified atom stereocenters. The van der Waals surface area contributed by atoms with Gasteiger partial charge in [-0.05, 0) is 27.7 Å². The number of amidine groups is 1. The first-order valence-corrected chi connectivity index (χ1v) is 5.04. The molecular weight excluding hydrogens is 148 g/mol. The first-order valence-electron chi connectivity index (χ1n) is 5.04. The second-order valence-corrected chi connectivity index (χ2v) is 2.89. The fraction of sp³-hybridized carbons (Fsp3) is 0.900. The van der Waals surface area contributed by atoms with Gasteiger partial charge in [0.15, 0.2) is 0 Å². The molecule has 0 aliphatic carbocycles. The van der Waals surface area contributed by atoms with Crippen LogP contribution in [0.2, 0.25) is 0 Å². The van der Waals surface area contributed by atoms with Crippen molar-refractivity contribution in [1.29, 1.82) is 0 Å². The van der Waals surface area contributed by atoms with E-state index in [1.807, 2.05) is 0 Å². The molecule has 12 heavy (non-hydrogen) atoms. The Morgan fingerprint density at radius 2 is 1.42 bits per heavy atom. The van der Waals surface area contributed by atoms with Crippen molar-refractivity contribution in [2.75, 3.05) is 26.2 Å². The number of hydrogen-bond donors (Lipinski definition) is 0. The molecule has 0 bridgehead atoms. The highest BCUT2D eigenvalue weighted by Gasteiger charge is 2.11. The summed E-state index contributed by atoms with van der Waals surface area (Å²) in [5.41, 5.74) is 0. The van der Waals surface area contributed by atoms with E-state index in [-0.39, 0.29) is 0 Å². The van der Waals surface area contributed by atoms with Crippen molar-refractivity contribution >= 4 is 5.84 Å². The smallest absolute Gasteiger partial charge is 0.243 e. The molecule has 0 spiro atoms. The van der Waals surface area contributed by atoms with Crippen molar-refractivity contribution in [2.24, 2.45) is 0 Å².